The van der Waals surface area contributed by atoms with Crippen molar-refractivity contribution in [3.8, 4) is 11.5 Å². The minimum atomic E-state index is -0.952. The Labute approximate surface area is 193 Å². The van der Waals surface area contributed by atoms with Gasteiger partial charge in [0.25, 0.3) is 0 Å². The van der Waals surface area contributed by atoms with E-state index in [9.17, 15) is 13.6 Å². The van der Waals surface area contributed by atoms with Gasteiger partial charge in [-0.15, -0.1) is 0 Å². The van der Waals surface area contributed by atoms with Crippen LogP contribution in [-0.4, -0.2) is 54.5 Å². The minimum absolute atomic E-state index is 0.00784. The van der Waals surface area contributed by atoms with Crippen LogP contribution in [0.2, 0.25) is 0 Å². The number of methoxy groups -OCH3 is 2. The molecule has 0 saturated heterocycles. The van der Waals surface area contributed by atoms with E-state index >= 15 is 0 Å². The van der Waals surface area contributed by atoms with E-state index in [1.807, 2.05) is 16.8 Å². The van der Waals surface area contributed by atoms with Crippen molar-refractivity contribution in [2.24, 2.45) is 0 Å². The lowest BCUT2D eigenvalue weighted by Crippen LogP contribution is -2.37. The summed E-state index contributed by atoms with van der Waals surface area (Å²) in [7, 11) is 2.85. The zero-order valence-electron chi connectivity index (χ0n) is 19.0. The Kier molecular flexibility index (Phi) is 6.76. The summed E-state index contributed by atoms with van der Waals surface area (Å²) in [4.78, 5) is 18.7. The van der Waals surface area contributed by atoms with Crippen LogP contribution in [-0.2, 0) is 40.1 Å². The normalized spacial score (nSPS) is 13.7. The molecule has 0 saturated carbocycles. The third kappa shape index (κ3) is 4.37. The highest BCUT2D eigenvalue weighted by atomic mass is 32.2. The van der Waals surface area contributed by atoms with Crippen molar-refractivity contribution >= 4 is 33.5 Å². The van der Waals surface area contributed by atoms with E-state index < -0.39 is 23.2 Å². The van der Waals surface area contributed by atoms with Crippen molar-refractivity contribution < 1.29 is 27.8 Å². The van der Waals surface area contributed by atoms with E-state index in [1.54, 1.807) is 6.20 Å². The van der Waals surface area contributed by atoms with Crippen molar-refractivity contribution in [1.82, 2.24) is 9.55 Å². The van der Waals surface area contributed by atoms with Gasteiger partial charge in [-0.05, 0) is 28.1 Å². The first kappa shape index (κ1) is 23.3. The van der Waals surface area contributed by atoms with Crippen LogP contribution in [0.1, 0.15) is 11.1 Å². The van der Waals surface area contributed by atoms with Gasteiger partial charge in [-0.2, -0.15) is 0 Å². The Morgan fingerprint density at radius 2 is 1.85 bits per heavy atom. The van der Waals surface area contributed by atoms with Gasteiger partial charge in [0.2, 0.25) is 5.91 Å². The number of amides is 1. The molecule has 0 bridgehead atoms. The van der Waals surface area contributed by atoms with Gasteiger partial charge in [0.05, 0.1) is 46.3 Å². The van der Waals surface area contributed by atoms with Gasteiger partial charge in [0, 0.05) is 23.8 Å². The zero-order valence-corrected chi connectivity index (χ0v) is 19.8. The number of carbonyl (C=O) groups is 1. The van der Waals surface area contributed by atoms with Crippen molar-refractivity contribution in [1.29, 1.82) is 0 Å². The summed E-state index contributed by atoms with van der Waals surface area (Å²) < 4.78 is 47.6. The topological polar surface area (TPSA) is 65.8 Å². The molecular weight excluding hydrogens is 452 g/mol. The molecule has 10 heteroatoms. The molecule has 33 heavy (non-hydrogen) atoms. The van der Waals surface area contributed by atoms with E-state index in [0.717, 1.165) is 33.2 Å². The second-order valence-electron chi connectivity index (χ2n) is 7.93. The molecular formula is C23H26F2N3O4S+. The van der Waals surface area contributed by atoms with Gasteiger partial charge in [-0.25, -0.2) is 13.8 Å². The number of rotatable bonds is 8. The molecule has 0 fully saturated rings. The second-order valence-corrected chi connectivity index (χ2v) is 10.3. The molecule has 1 aromatic carbocycles. The number of nitrogens with zero attached hydrogens (tertiary/aromatic N) is 3. The number of hydrogen-bond acceptors (Lipinski definition) is 5. The second kappa shape index (κ2) is 9.56. The maximum atomic E-state index is 15.0. The molecule has 7 nitrogen and oxygen atoms in total. The summed E-state index contributed by atoms with van der Waals surface area (Å²) in [6.45, 7) is 1.01. The largest absolute Gasteiger partial charge is 0.493 e. The fourth-order valence-electron chi connectivity index (χ4n) is 3.89. The maximum Gasteiger partial charge on any atom is 0.231 e. The van der Waals surface area contributed by atoms with Crippen LogP contribution >= 0.6 is 0 Å². The molecule has 0 N–H and O–H groups in total. The molecule has 0 radical (unpaired) electrons. The van der Waals surface area contributed by atoms with Crippen LogP contribution in [0.15, 0.2) is 24.5 Å². The molecule has 176 valence electrons. The number of aromatic nitrogens is 2. The lowest BCUT2D eigenvalue weighted by Gasteiger charge is -2.30. The number of halogens is 2. The number of fused-ring (bicyclic) bond motifs is 3. The highest BCUT2D eigenvalue weighted by Crippen LogP contribution is 2.39. The Bertz CT molecular complexity index is 1170. The summed E-state index contributed by atoms with van der Waals surface area (Å²) in [5.41, 5.74) is 1.75. The number of benzene rings is 1. The van der Waals surface area contributed by atoms with Crippen LogP contribution in [0.5, 0.6) is 11.5 Å². The predicted octanol–water partition coefficient (Wildman–Crippen LogP) is 3.27. The summed E-state index contributed by atoms with van der Waals surface area (Å²) in [5, 5.41) is 0.832. The van der Waals surface area contributed by atoms with Gasteiger partial charge in [0.15, 0.2) is 23.1 Å². The number of ether oxygens (including phenoxy) is 3. The fraction of sp³-hybridized carbons (Fsp3) is 0.391. The Balaban J connectivity index is 1.65. The maximum absolute atomic E-state index is 15.0. The van der Waals surface area contributed by atoms with Crippen molar-refractivity contribution in [2.75, 3.05) is 44.0 Å². The van der Waals surface area contributed by atoms with Gasteiger partial charge in [-0.3, -0.25) is 4.79 Å². The van der Waals surface area contributed by atoms with Crippen LogP contribution < -0.4 is 14.4 Å². The molecule has 2 aromatic heterocycles. The Morgan fingerprint density at radius 1 is 1.15 bits per heavy atom. The van der Waals surface area contributed by atoms with Crippen molar-refractivity contribution in [3.63, 3.8) is 0 Å². The quantitative estimate of drug-likeness (QED) is 0.367. The molecule has 1 aliphatic heterocycles. The monoisotopic (exact) mass is 478 g/mol. The highest BCUT2D eigenvalue weighted by molar-refractivity contribution is 7.95. The van der Waals surface area contributed by atoms with Gasteiger partial charge < -0.3 is 23.7 Å². The minimum Gasteiger partial charge on any atom is -0.493 e. The molecule has 3 aromatic rings. The standard InChI is InChI=1S/C23H26F2N3O4S/c1-30-17-10-18(31-2)21(25)22(20(17)24)28-12-14-11-26-23-15(16(14)9-19(28)29)5-6-27(23)13-32-7-8-33(3)4/h5-6,10-11H,7-9,12-13H2,1-4H3/q+1. The third-order valence-corrected chi connectivity index (χ3v) is 6.62. The molecule has 1 aliphatic rings. The lowest BCUT2D eigenvalue weighted by atomic mass is 9.97. The first-order valence-corrected chi connectivity index (χ1v) is 12.5. The van der Waals surface area contributed by atoms with E-state index in [2.05, 4.69) is 17.5 Å². The average Bonchev–Trinajstić information content (AvgIpc) is 3.21. The molecule has 1 amide bonds. The van der Waals surface area contributed by atoms with E-state index in [4.69, 9.17) is 14.2 Å². The van der Waals surface area contributed by atoms with Crippen LogP contribution in [0.3, 0.4) is 0 Å². The molecule has 0 spiro atoms. The highest BCUT2D eigenvalue weighted by Gasteiger charge is 2.33. The summed E-state index contributed by atoms with van der Waals surface area (Å²) in [6, 6.07) is 3.02. The Morgan fingerprint density at radius 3 is 2.48 bits per heavy atom. The smallest absolute Gasteiger partial charge is 0.231 e. The first-order chi connectivity index (χ1) is 15.8. The molecule has 0 atom stereocenters. The molecule has 4 rings (SSSR count). The number of hydrogen-bond donors (Lipinski definition) is 0. The SMILES string of the molecule is COc1cc(OC)c(F)c(N2Cc3cnc4c(ccn4COCC[S+](C)C)c3CC2=O)c1F. The van der Waals surface area contributed by atoms with E-state index in [1.165, 1.54) is 14.2 Å². The van der Waals surface area contributed by atoms with Crippen LogP contribution in [0, 0.1) is 11.6 Å². The zero-order chi connectivity index (χ0) is 23.7. The predicted molar refractivity (Wildman–Crippen MR) is 124 cm³/mol. The first-order valence-electron chi connectivity index (χ1n) is 10.3. The van der Waals surface area contributed by atoms with Gasteiger partial charge in [-0.1, -0.05) is 0 Å². The van der Waals surface area contributed by atoms with Gasteiger partial charge in [0.1, 0.15) is 23.8 Å². The molecule has 3 heterocycles. The number of anilines is 1. The summed E-state index contributed by atoms with van der Waals surface area (Å²) in [5.74, 6) is -1.74. The molecule has 0 unspecified atom stereocenters. The summed E-state index contributed by atoms with van der Waals surface area (Å²) in [6.07, 6.45) is 7.85. The average molecular weight is 479 g/mol. The van der Waals surface area contributed by atoms with E-state index in [0.29, 0.717) is 29.9 Å². The fourth-order valence-corrected chi connectivity index (χ4v) is 4.34. The summed E-state index contributed by atoms with van der Waals surface area (Å²) >= 11 is 0. The number of pyridine rings is 1. The van der Waals surface area contributed by atoms with Crippen LogP contribution in [0.25, 0.3) is 11.0 Å². The third-order valence-electron chi connectivity index (χ3n) is 5.63. The van der Waals surface area contributed by atoms with E-state index in [-0.39, 0.29) is 24.5 Å². The van der Waals surface area contributed by atoms with Crippen molar-refractivity contribution in [3.05, 3.63) is 47.3 Å². The van der Waals surface area contributed by atoms with Crippen molar-refractivity contribution in [2.45, 2.75) is 19.7 Å². The lowest BCUT2D eigenvalue weighted by molar-refractivity contribution is -0.118. The Hall–Kier alpha value is -2.85. The number of carbonyl (C=O) groups excluding carboxylic acids is 1. The van der Waals surface area contributed by atoms with Crippen LogP contribution in [0.4, 0.5) is 14.5 Å². The van der Waals surface area contributed by atoms with Gasteiger partial charge >= 0.3 is 0 Å². The molecule has 0 aliphatic carbocycles.